The number of phenolic OH excluding ortho intramolecular Hbond substituents is 1. The second-order valence-electron chi connectivity index (χ2n) is 6.26. The summed E-state index contributed by atoms with van der Waals surface area (Å²) in [7, 11) is 0. The Labute approximate surface area is 162 Å². The highest BCUT2D eigenvalue weighted by atomic mass is 16.5. The quantitative estimate of drug-likeness (QED) is 0.543. The fourth-order valence-corrected chi connectivity index (χ4v) is 2.37. The Kier molecular flexibility index (Phi) is 7.38. The van der Waals surface area contributed by atoms with Gasteiger partial charge in [-0.15, -0.1) is 0 Å². The zero-order valence-electron chi connectivity index (χ0n) is 15.4. The lowest BCUT2D eigenvalue weighted by atomic mass is 10.0. The first-order valence-corrected chi connectivity index (χ1v) is 8.70. The van der Waals surface area contributed by atoms with Crippen LogP contribution in [0.5, 0.6) is 5.75 Å². The zero-order valence-corrected chi connectivity index (χ0v) is 15.4. The average Bonchev–Trinajstić information content (AvgIpc) is 2.68. The van der Waals surface area contributed by atoms with Gasteiger partial charge in [0.1, 0.15) is 24.4 Å². The molecule has 2 aromatic carbocycles. The van der Waals surface area contributed by atoms with Gasteiger partial charge in [0.15, 0.2) is 0 Å². The highest BCUT2D eigenvalue weighted by Gasteiger charge is 2.24. The number of hydrogen-bond donors (Lipinski definition) is 4. The molecule has 0 aromatic heterocycles. The van der Waals surface area contributed by atoms with Crippen molar-refractivity contribution in [3.63, 3.8) is 0 Å². The number of ether oxygens (including phenoxy) is 1. The number of nitrogens with one attached hydrogen (secondary N) is 2. The van der Waals surface area contributed by atoms with Crippen molar-refractivity contribution in [1.29, 1.82) is 0 Å². The van der Waals surface area contributed by atoms with E-state index < -0.39 is 30.0 Å². The Morgan fingerprint density at radius 1 is 1.00 bits per heavy atom. The molecule has 0 saturated heterocycles. The molecule has 0 unspecified atom stereocenters. The summed E-state index contributed by atoms with van der Waals surface area (Å²) in [5.74, 6) is -1.18. The third kappa shape index (κ3) is 6.64. The minimum atomic E-state index is -0.991. The van der Waals surface area contributed by atoms with Crippen LogP contribution in [-0.4, -0.2) is 35.1 Å². The van der Waals surface area contributed by atoms with E-state index >= 15 is 0 Å². The van der Waals surface area contributed by atoms with Crippen LogP contribution in [0.25, 0.3) is 0 Å². The van der Waals surface area contributed by atoms with E-state index in [0.717, 1.165) is 5.56 Å². The topological polar surface area (TPSA) is 131 Å². The van der Waals surface area contributed by atoms with Crippen LogP contribution in [-0.2, 0) is 27.4 Å². The van der Waals surface area contributed by atoms with Crippen LogP contribution >= 0.6 is 0 Å². The second-order valence-corrected chi connectivity index (χ2v) is 6.26. The number of amides is 3. The molecule has 0 aliphatic heterocycles. The van der Waals surface area contributed by atoms with E-state index in [2.05, 4.69) is 10.6 Å². The lowest BCUT2D eigenvalue weighted by Crippen LogP contribution is -2.52. The molecule has 0 aliphatic carbocycles. The summed E-state index contributed by atoms with van der Waals surface area (Å²) in [6.45, 7) is 1.50. The number of primary amides is 1. The fraction of sp³-hybridized carbons (Fsp3) is 0.250. The molecule has 8 heteroatoms. The summed E-state index contributed by atoms with van der Waals surface area (Å²) in [6.07, 6.45) is -0.632. The highest BCUT2D eigenvalue weighted by molar-refractivity contribution is 5.90. The van der Waals surface area contributed by atoms with Crippen LogP contribution in [0.15, 0.2) is 54.6 Å². The van der Waals surface area contributed by atoms with Crippen molar-refractivity contribution in [2.45, 2.75) is 32.0 Å². The van der Waals surface area contributed by atoms with E-state index in [4.69, 9.17) is 10.5 Å². The molecular weight excluding hydrogens is 362 g/mol. The van der Waals surface area contributed by atoms with E-state index in [1.807, 2.05) is 30.3 Å². The Bertz CT molecular complexity index is 808. The predicted molar refractivity (Wildman–Crippen MR) is 102 cm³/mol. The molecule has 28 heavy (non-hydrogen) atoms. The third-order valence-corrected chi connectivity index (χ3v) is 3.98. The third-order valence-electron chi connectivity index (χ3n) is 3.98. The van der Waals surface area contributed by atoms with Crippen LogP contribution in [0.3, 0.4) is 0 Å². The summed E-state index contributed by atoms with van der Waals surface area (Å²) >= 11 is 0. The summed E-state index contributed by atoms with van der Waals surface area (Å²) in [4.78, 5) is 35.9. The Morgan fingerprint density at radius 2 is 1.64 bits per heavy atom. The first-order valence-electron chi connectivity index (χ1n) is 8.70. The van der Waals surface area contributed by atoms with Gasteiger partial charge >= 0.3 is 6.09 Å². The molecule has 2 aromatic rings. The fourth-order valence-electron chi connectivity index (χ4n) is 2.37. The van der Waals surface area contributed by atoms with E-state index in [-0.39, 0.29) is 18.8 Å². The normalized spacial score (nSPS) is 12.5. The summed E-state index contributed by atoms with van der Waals surface area (Å²) in [5, 5.41) is 14.3. The molecule has 0 spiro atoms. The Hall–Kier alpha value is -3.55. The van der Waals surface area contributed by atoms with Crippen LogP contribution in [0, 0.1) is 0 Å². The van der Waals surface area contributed by atoms with Crippen molar-refractivity contribution in [1.82, 2.24) is 10.6 Å². The van der Waals surface area contributed by atoms with Gasteiger partial charge in [0.25, 0.3) is 0 Å². The minimum absolute atomic E-state index is 0.0535. The number of carbonyl (C=O) groups is 3. The van der Waals surface area contributed by atoms with Crippen molar-refractivity contribution in [2.24, 2.45) is 5.73 Å². The first-order chi connectivity index (χ1) is 13.3. The number of rotatable bonds is 8. The molecule has 148 valence electrons. The SMILES string of the molecule is C[C@@H](NC(=O)[C@@H](Cc1ccc(O)cc1)NC(=O)OCc1ccccc1)C(N)=O. The predicted octanol–water partition coefficient (Wildman–Crippen LogP) is 1.22. The highest BCUT2D eigenvalue weighted by Crippen LogP contribution is 2.12. The molecule has 2 atom stereocenters. The standard InChI is InChI=1S/C20H23N3O5/c1-13(18(21)25)22-19(26)17(11-14-7-9-16(24)10-8-14)23-20(27)28-12-15-5-3-2-4-6-15/h2-10,13,17,24H,11-12H2,1H3,(H2,21,25)(H,22,26)(H,23,27)/t13-,17-/m1/s1. The Morgan fingerprint density at radius 3 is 2.25 bits per heavy atom. The van der Waals surface area contributed by atoms with E-state index in [9.17, 15) is 19.5 Å². The van der Waals surface area contributed by atoms with Gasteiger partial charge < -0.3 is 26.2 Å². The lowest BCUT2D eigenvalue weighted by Gasteiger charge is -2.20. The van der Waals surface area contributed by atoms with Gasteiger partial charge in [-0.2, -0.15) is 0 Å². The number of aromatic hydroxyl groups is 1. The molecule has 0 fully saturated rings. The Balaban J connectivity index is 2.03. The number of benzene rings is 2. The molecule has 0 radical (unpaired) electrons. The molecule has 0 aliphatic rings. The molecule has 8 nitrogen and oxygen atoms in total. The lowest BCUT2D eigenvalue weighted by molar-refractivity contribution is -0.128. The first kappa shape index (κ1) is 20.8. The summed E-state index contributed by atoms with van der Waals surface area (Å²) in [5.41, 5.74) is 6.68. The molecule has 2 rings (SSSR count). The van der Waals surface area contributed by atoms with Gasteiger partial charge in [-0.25, -0.2) is 4.79 Å². The number of nitrogens with two attached hydrogens (primary N) is 1. The molecule has 3 amide bonds. The van der Waals surface area contributed by atoms with Crippen LogP contribution < -0.4 is 16.4 Å². The van der Waals surface area contributed by atoms with Crippen LogP contribution in [0.1, 0.15) is 18.1 Å². The van der Waals surface area contributed by atoms with Crippen molar-refractivity contribution in [3.05, 3.63) is 65.7 Å². The maximum atomic E-state index is 12.5. The molecule has 0 heterocycles. The number of alkyl carbamates (subject to hydrolysis) is 1. The zero-order chi connectivity index (χ0) is 20.5. The number of carbonyl (C=O) groups excluding carboxylic acids is 3. The van der Waals surface area contributed by atoms with Crippen molar-refractivity contribution < 1.29 is 24.2 Å². The van der Waals surface area contributed by atoms with Crippen LogP contribution in [0.2, 0.25) is 0 Å². The van der Waals surface area contributed by atoms with Crippen molar-refractivity contribution >= 4 is 17.9 Å². The van der Waals surface area contributed by atoms with E-state index in [0.29, 0.717) is 5.56 Å². The maximum Gasteiger partial charge on any atom is 0.408 e. The average molecular weight is 385 g/mol. The van der Waals surface area contributed by atoms with Crippen LogP contribution in [0.4, 0.5) is 4.79 Å². The number of hydrogen-bond acceptors (Lipinski definition) is 5. The van der Waals surface area contributed by atoms with Gasteiger partial charge in [0.2, 0.25) is 11.8 Å². The molecule has 0 bridgehead atoms. The van der Waals surface area contributed by atoms with E-state index in [1.54, 1.807) is 12.1 Å². The monoisotopic (exact) mass is 385 g/mol. The van der Waals surface area contributed by atoms with Crippen molar-refractivity contribution in [3.8, 4) is 5.75 Å². The summed E-state index contributed by atoms with van der Waals surface area (Å²) in [6, 6.07) is 13.4. The van der Waals surface area contributed by atoms with Crippen molar-refractivity contribution in [2.75, 3.05) is 0 Å². The smallest absolute Gasteiger partial charge is 0.408 e. The van der Waals surface area contributed by atoms with Gasteiger partial charge in [-0.05, 0) is 30.2 Å². The molecule has 5 N–H and O–H groups in total. The largest absolute Gasteiger partial charge is 0.508 e. The van der Waals surface area contributed by atoms with E-state index in [1.165, 1.54) is 19.1 Å². The van der Waals surface area contributed by atoms with Gasteiger partial charge in [0, 0.05) is 6.42 Å². The second kappa shape index (κ2) is 9.96. The van der Waals surface area contributed by atoms with Gasteiger partial charge in [-0.3, -0.25) is 9.59 Å². The minimum Gasteiger partial charge on any atom is -0.508 e. The van der Waals surface area contributed by atoms with Gasteiger partial charge in [0.05, 0.1) is 0 Å². The maximum absolute atomic E-state index is 12.5. The molecular formula is C20H23N3O5. The van der Waals surface area contributed by atoms with Gasteiger partial charge in [-0.1, -0.05) is 42.5 Å². The summed E-state index contributed by atoms with van der Waals surface area (Å²) < 4.78 is 5.16. The molecule has 0 saturated carbocycles. The number of phenols is 1.